The molecule has 0 radical (unpaired) electrons. The molecule has 0 saturated carbocycles. The number of carbonyl (C=O) groups is 2. The summed E-state index contributed by atoms with van der Waals surface area (Å²) in [7, 11) is 0. The van der Waals surface area contributed by atoms with E-state index in [0.29, 0.717) is 39.9 Å². The summed E-state index contributed by atoms with van der Waals surface area (Å²) in [5.74, 6) is 0.0930. The Morgan fingerprint density at radius 2 is 1.68 bits per heavy atom. The summed E-state index contributed by atoms with van der Waals surface area (Å²) in [6.07, 6.45) is 1.55. The molecule has 0 spiro atoms. The predicted molar refractivity (Wildman–Crippen MR) is 186 cm³/mol. The summed E-state index contributed by atoms with van der Waals surface area (Å²) in [5.41, 5.74) is 12.2. The van der Waals surface area contributed by atoms with Gasteiger partial charge in [-0.1, -0.05) is 60.1 Å². The van der Waals surface area contributed by atoms with Gasteiger partial charge in [-0.15, -0.1) is 0 Å². The minimum absolute atomic E-state index is 0.145. The van der Waals surface area contributed by atoms with Crippen LogP contribution >= 0.6 is 11.6 Å². The van der Waals surface area contributed by atoms with E-state index in [0.717, 1.165) is 42.9 Å². The van der Waals surface area contributed by atoms with Crippen LogP contribution in [0.5, 0.6) is 0 Å². The first-order valence-electron chi connectivity index (χ1n) is 15.4. The molecule has 0 aliphatic carbocycles. The summed E-state index contributed by atoms with van der Waals surface area (Å²) in [5, 5.41) is 9.79. The van der Waals surface area contributed by atoms with E-state index in [9.17, 15) is 9.59 Å². The third kappa shape index (κ3) is 6.46. The molecule has 5 aromatic rings. The van der Waals surface area contributed by atoms with E-state index in [1.807, 2.05) is 42.5 Å². The van der Waals surface area contributed by atoms with E-state index in [2.05, 4.69) is 61.2 Å². The highest BCUT2D eigenvalue weighted by Gasteiger charge is 2.37. The highest BCUT2D eigenvalue weighted by atomic mass is 35.5. The Morgan fingerprint density at radius 1 is 0.915 bits per heavy atom. The number of rotatable bonds is 8. The summed E-state index contributed by atoms with van der Waals surface area (Å²) < 4.78 is 0. The molecule has 10 nitrogen and oxygen atoms in total. The van der Waals surface area contributed by atoms with Gasteiger partial charge >= 0.3 is 0 Å². The van der Waals surface area contributed by atoms with Crippen LogP contribution in [0.25, 0.3) is 11.1 Å². The zero-order valence-electron chi connectivity index (χ0n) is 25.5. The lowest BCUT2D eigenvalue weighted by Crippen LogP contribution is -2.43. The maximum absolute atomic E-state index is 14.0. The summed E-state index contributed by atoms with van der Waals surface area (Å²) in [4.78, 5) is 39.9. The van der Waals surface area contributed by atoms with Crippen molar-refractivity contribution in [3.8, 4) is 11.1 Å². The minimum atomic E-state index is -0.879. The second-order valence-corrected chi connectivity index (χ2v) is 11.9. The molecule has 3 heterocycles. The quantitative estimate of drug-likeness (QED) is 0.165. The first-order valence-corrected chi connectivity index (χ1v) is 15.8. The first kappa shape index (κ1) is 30.2. The number of nitrogen functional groups attached to an aromatic ring is 1. The first-order chi connectivity index (χ1) is 22.9. The fourth-order valence-corrected chi connectivity index (χ4v) is 6.34. The number of anilines is 5. The van der Waals surface area contributed by atoms with E-state index >= 15 is 0 Å². The topological polar surface area (TPSA) is 129 Å². The number of aromatic nitrogens is 2. The Balaban J connectivity index is 1.11. The monoisotopic (exact) mass is 644 g/mol. The smallest absolute Gasteiger partial charge is 0.255 e. The van der Waals surface area contributed by atoms with Crippen LogP contribution in [-0.2, 0) is 11.3 Å². The molecule has 1 saturated heterocycles. The molecule has 236 valence electrons. The van der Waals surface area contributed by atoms with Crippen molar-refractivity contribution in [3.63, 3.8) is 0 Å². The number of benzene rings is 4. The van der Waals surface area contributed by atoms with Crippen molar-refractivity contribution in [2.45, 2.75) is 12.6 Å². The van der Waals surface area contributed by atoms with Gasteiger partial charge in [-0.3, -0.25) is 9.59 Å². The van der Waals surface area contributed by atoms with Crippen molar-refractivity contribution in [2.75, 3.05) is 47.4 Å². The van der Waals surface area contributed by atoms with Gasteiger partial charge in [0.25, 0.3) is 11.8 Å². The number of hydrogen-bond donors (Lipinski definition) is 4. The Labute approximate surface area is 277 Å². The van der Waals surface area contributed by atoms with Crippen molar-refractivity contribution < 1.29 is 9.59 Å². The number of carbonyl (C=O) groups excluding carboxylic acids is 2. The molecular weight excluding hydrogens is 612 g/mol. The summed E-state index contributed by atoms with van der Waals surface area (Å²) in [6.45, 7) is 4.24. The van der Waals surface area contributed by atoms with Crippen LogP contribution in [0.4, 0.5) is 28.8 Å². The third-order valence-corrected chi connectivity index (χ3v) is 8.78. The van der Waals surface area contributed by atoms with Crippen molar-refractivity contribution >= 4 is 52.2 Å². The van der Waals surface area contributed by atoms with Crippen LogP contribution in [0.15, 0.2) is 103 Å². The van der Waals surface area contributed by atoms with Crippen LogP contribution < -0.4 is 26.6 Å². The fraction of sp³-hybridized carbons (Fsp3) is 0.167. The number of nitrogens with two attached hydrogens (primary N) is 1. The maximum Gasteiger partial charge on any atom is 0.255 e. The fourth-order valence-electron chi connectivity index (χ4n) is 6.11. The number of nitrogens with zero attached hydrogens (tertiary/aromatic N) is 4. The number of piperazine rings is 1. The number of nitrogens with one attached hydrogen (secondary N) is 3. The van der Waals surface area contributed by atoms with Crippen LogP contribution in [0, 0.1) is 0 Å². The van der Waals surface area contributed by atoms with Gasteiger partial charge in [-0.2, -0.15) is 4.98 Å². The zero-order valence-corrected chi connectivity index (χ0v) is 26.2. The van der Waals surface area contributed by atoms with Crippen molar-refractivity contribution in [2.24, 2.45) is 0 Å². The lowest BCUT2D eigenvalue weighted by Gasteiger charge is -2.29. The number of hydrogen-bond acceptors (Lipinski definition) is 8. The lowest BCUT2D eigenvalue weighted by molar-refractivity contribution is -0.120. The molecule has 4 aromatic carbocycles. The number of fused-ring (bicyclic) bond motifs is 1. The second kappa shape index (κ2) is 13.1. The van der Waals surface area contributed by atoms with E-state index in [4.69, 9.17) is 17.3 Å². The SMILES string of the molecule is Nc1nccc(Nc2ccc(NC(=O)C(c3ccccc3)N3Cc4cc(-c5ccc(N6CCNCC6)cc5)ccc4C3=O)c(Cl)c2)n1. The number of halogens is 1. The van der Waals surface area contributed by atoms with Crippen molar-refractivity contribution in [3.05, 3.63) is 125 Å². The number of amides is 2. The Hall–Kier alpha value is -5.45. The molecule has 1 unspecified atom stereocenters. The molecule has 1 aromatic heterocycles. The predicted octanol–water partition coefficient (Wildman–Crippen LogP) is 5.87. The Bertz CT molecular complexity index is 1930. The van der Waals surface area contributed by atoms with Gasteiger partial charge in [0.1, 0.15) is 11.9 Å². The van der Waals surface area contributed by atoms with Crippen LogP contribution in [0.1, 0.15) is 27.5 Å². The molecule has 1 fully saturated rings. The molecule has 11 heteroatoms. The molecular formula is C36H33ClN8O2. The molecule has 47 heavy (non-hydrogen) atoms. The Kier molecular flexibility index (Phi) is 8.43. The molecule has 0 bridgehead atoms. The van der Waals surface area contributed by atoms with Crippen molar-refractivity contribution in [1.29, 1.82) is 0 Å². The molecule has 2 amide bonds. The molecule has 7 rings (SSSR count). The van der Waals surface area contributed by atoms with Gasteiger partial charge in [0.15, 0.2) is 0 Å². The lowest BCUT2D eigenvalue weighted by atomic mass is 10.00. The standard InChI is InChI=1S/C36H33ClN8O2/c37-30-21-27(41-32-14-15-40-36(38)43-32)9-13-31(30)42-34(46)33(24-4-2-1-3-5-24)45-22-26-20-25(8-12-29(26)35(45)47)23-6-10-28(11-7-23)44-18-16-39-17-19-44/h1-15,20-21,33,39H,16-19,22H2,(H,42,46)(H3,38,40,41,43). The van der Waals surface area contributed by atoms with E-state index in [-0.39, 0.29) is 17.8 Å². The van der Waals surface area contributed by atoms with Crippen molar-refractivity contribution in [1.82, 2.24) is 20.2 Å². The third-order valence-electron chi connectivity index (χ3n) is 8.47. The second-order valence-electron chi connectivity index (χ2n) is 11.5. The van der Waals surface area contributed by atoms with E-state index < -0.39 is 6.04 Å². The van der Waals surface area contributed by atoms with Crippen LogP contribution in [0.3, 0.4) is 0 Å². The maximum atomic E-state index is 14.0. The minimum Gasteiger partial charge on any atom is -0.369 e. The summed E-state index contributed by atoms with van der Waals surface area (Å²) in [6, 6.07) is 29.7. The van der Waals surface area contributed by atoms with Gasteiger partial charge in [0.05, 0.1) is 10.7 Å². The van der Waals surface area contributed by atoms with Gasteiger partial charge in [0.2, 0.25) is 5.95 Å². The van der Waals surface area contributed by atoms with E-state index in [1.54, 1.807) is 35.4 Å². The molecule has 1 atom stereocenters. The summed E-state index contributed by atoms with van der Waals surface area (Å²) >= 11 is 6.61. The van der Waals surface area contributed by atoms with Crippen LogP contribution in [0.2, 0.25) is 5.02 Å². The molecule has 2 aliphatic rings. The van der Waals surface area contributed by atoms with Gasteiger partial charge < -0.3 is 31.5 Å². The van der Waals surface area contributed by atoms with E-state index in [1.165, 1.54) is 5.69 Å². The average Bonchev–Trinajstić information content (AvgIpc) is 3.41. The van der Waals surface area contributed by atoms with Gasteiger partial charge in [0, 0.05) is 55.9 Å². The van der Waals surface area contributed by atoms with Gasteiger partial charge in [-0.25, -0.2) is 4.98 Å². The van der Waals surface area contributed by atoms with Crippen LogP contribution in [-0.4, -0.2) is 52.9 Å². The molecule has 2 aliphatic heterocycles. The highest BCUT2D eigenvalue weighted by molar-refractivity contribution is 6.34. The largest absolute Gasteiger partial charge is 0.369 e. The highest BCUT2D eigenvalue weighted by Crippen LogP contribution is 2.36. The average molecular weight is 645 g/mol. The Morgan fingerprint density at radius 3 is 2.43 bits per heavy atom. The molecule has 5 N–H and O–H groups in total. The van der Waals surface area contributed by atoms with Gasteiger partial charge in [-0.05, 0) is 70.8 Å². The zero-order chi connectivity index (χ0) is 32.3. The normalized spacial score (nSPS) is 14.9.